The van der Waals surface area contributed by atoms with Gasteiger partial charge in [-0.25, -0.2) is 0 Å². The van der Waals surface area contributed by atoms with E-state index in [0.717, 1.165) is 18.8 Å². The van der Waals surface area contributed by atoms with Crippen LogP contribution in [0.5, 0.6) is 0 Å². The van der Waals surface area contributed by atoms with Gasteiger partial charge in [0.05, 0.1) is 6.10 Å². The van der Waals surface area contributed by atoms with Crippen LogP contribution < -0.4 is 0 Å². The van der Waals surface area contributed by atoms with Crippen LogP contribution in [0.2, 0.25) is 0 Å². The summed E-state index contributed by atoms with van der Waals surface area (Å²) in [7, 11) is 0. The summed E-state index contributed by atoms with van der Waals surface area (Å²) in [6.07, 6.45) is 3.24. The third-order valence-electron chi connectivity index (χ3n) is 2.63. The number of rotatable bonds is 0. The van der Waals surface area contributed by atoms with Crippen LogP contribution in [-0.4, -0.2) is 11.2 Å². The van der Waals surface area contributed by atoms with Gasteiger partial charge in [0.2, 0.25) is 0 Å². The standard InChI is InChI=1S/C9H18O/c1-9(2,3)7-4-5-8(10)6-7/h7-8,10H,4-6H2,1-3H3/t7-,8+/m0/s1. The number of hydrogen-bond donors (Lipinski definition) is 1. The largest absolute Gasteiger partial charge is 0.393 e. The molecule has 0 aromatic rings. The molecule has 1 aliphatic carbocycles. The van der Waals surface area contributed by atoms with E-state index >= 15 is 0 Å². The summed E-state index contributed by atoms with van der Waals surface area (Å²) in [6, 6.07) is 0. The van der Waals surface area contributed by atoms with Gasteiger partial charge < -0.3 is 5.11 Å². The van der Waals surface area contributed by atoms with Crippen molar-refractivity contribution in [2.75, 3.05) is 0 Å². The quantitative estimate of drug-likeness (QED) is 0.549. The van der Waals surface area contributed by atoms with Gasteiger partial charge in [-0.05, 0) is 30.6 Å². The maximum Gasteiger partial charge on any atom is 0.0543 e. The van der Waals surface area contributed by atoms with E-state index in [1.807, 2.05) is 0 Å². The van der Waals surface area contributed by atoms with E-state index in [1.165, 1.54) is 6.42 Å². The minimum Gasteiger partial charge on any atom is -0.393 e. The molecule has 1 saturated carbocycles. The zero-order valence-corrected chi connectivity index (χ0v) is 7.22. The molecule has 0 bridgehead atoms. The zero-order chi connectivity index (χ0) is 7.78. The van der Waals surface area contributed by atoms with Crippen LogP contribution in [-0.2, 0) is 0 Å². The maximum absolute atomic E-state index is 9.26. The smallest absolute Gasteiger partial charge is 0.0543 e. The Balaban J connectivity index is 2.45. The zero-order valence-electron chi connectivity index (χ0n) is 7.22. The molecule has 1 rings (SSSR count). The molecular weight excluding hydrogens is 124 g/mol. The van der Waals surface area contributed by atoms with Crippen LogP contribution in [0.25, 0.3) is 0 Å². The molecule has 1 heteroatoms. The lowest BCUT2D eigenvalue weighted by Gasteiger charge is -2.26. The fraction of sp³-hybridized carbons (Fsp3) is 1.00. The Kier molecular flexibility index (Phi) is 2.04. The fourth-order valence-corrected chi connectivity index (χ4v) is 1.74. The van der Waals surface area contributed by atoms with Crippen LogP contribution in [0.4, 0.5) is 0 Å². The van der Waals surface area contributed by atoms with Gasteiger partial charge in [-0.15, -0.1) is 0 Å². The second kappa shape index (κ2) is 2.54. The molecule has 0 aromatic carbocycles. The third-order valence-corrected chi connectivity index (χ3v) is 2.63. The summed E-state index contributed by atoms with van der Waals surface area (Å²) < 4.78 is 0. The van der Waals surface area contributed by atoms with Crippen molar-refractivity contribution in [3.05, 3.63) is 0 Å². The molecule has 1 fully saturated rings. The molecule has 0 heterocycles. The van der Waals surface area contributed by atoms with Gasteiger partial charge in [0.15, 0.2) is 0 Å². The second-order valence-electron chi connectivity index (χ2n) is 4.53. The van der Waals surface area contributed by atoms with Crippen molar-refractivity contribution in [3.8, 4) is 0 Å². The van der Waals surface area contributed by atoms with Crippen LogP contribution in [0, 0.1) is 11.3 Å². The highest BCUT2D eigenvalue weighted by atomic mass is 16.3. The van der Waals surface area contributed by atoms with Crippen molar-refractivity contribution in [2.45, 2.75) is 46.1 Å². The van der Waals surface area contributed by atoms with E-state index < -0.39 is 0 Å². The van der Waals surface area contributed by atoms with E-state index in [2.05, 4.69) is 20.8 Å². The Morgan fingerprint density at radius 3 is 2.00 bits per heavy atom. The summed E-state index contributed by atoms with van der Waals surface area (Å²) in [4.78, 5) is 0. The minimum atomic E-state index is -0.00998. The van der Waals surface area contributed by atoms with E-state index in [9.17, 15) is 5.11 Å². The first kappa shape index (κ1) is 8.06. The van der Waals surface area contributed by atoms with E-state index in [4.69, 9.17) is 0 Å². The summed E-state index contributed by atoms with van der Waals surface area (Å²) in [5.41, 5.74) is 0.400. The van der Waals surface area contributed by atoms with Crippen molar-refractivity contribution in [1.29, 1.82) is 0 Å². The van der Waals surface area contributed by atoms with Crippen molar-refractivity contribution < 1.29 is 5.11 Å². The summed E-state index contributed by atoms with van der Waals surface area (Å²) in [6.45, 7) is 6.78. The van der Waals surface area contributed by atoms with Crippen molar-refractivity contribution in [3.63, 3.8) is 0 Å². The topological polar surface area (TPSA) is 20.2 Å². The van der Waals surface area contributed by atoms with Gasteiger partial charge in [0.1, 0.15) is 0 Å². The number of aliphatic hydroxyl groups is 1. The number of aliphatic hydroxyl groups excluding tert-OH is 1. The molecule has 0 saturated heterocycles. The van der Waals surface area contributed by atoms with Gasteiger partial charge in [0.25, 0.3) is 0 Å². The van der Waals surface area contributed by atoms with Crippen molar-refractivity contribution in [1.82, 2.24) is 0 Å². The molecule has 2 atom stereocenters. The van der Waals surface area contributed by atoms with Crippen LogP contribution in [0.3, 0.4) is 0 Å². The summed E-state index contributed by atoms with van der Waals surface area (Å²) in [5, 5.41) is 9.26. The Bertz CT molecular complexity index is 112. The maximum atomic E-state index is 9.26. The van der Waals surface area contributed by atoms with Crippen LogP contribution >= 0.6 is 0 Å². The molecule has 60 valence electrons. The lowest BCUT2D eigenvalue weighted by Crippen LogP contribution is -2.18. The highest BCUT2D eigenvalue weighted by Crippen LogP contribution is 2.38. The molecule has 0 radical (unpaired) electrons. The molecule has 1 N–H and O–H groups in total. The monoisotopic (exact) mass is 142 g/mol. The van der Waals surface area contributed by atoms with Crippen molar-refractivity contribution >= 4 is 0 Å². The predicted octanol–water partition coefficient (Wildman–Crippen LogP) is 2.19. The van der Waals surface area contributed by atoms with Crippen LogP contribution in [0.15, 0.2) is 0 Å². The molecule has 0 unspecified atom stereocenters. The first-order valence-corrected chi connectivity index (χ1v) is 4.18. The molecular formula is C9H18O. The molecule has 0 aromatic heterocycles. The predicted molar refractivity (Wildman–Crippen MR) is 42.8 cm³/mol. The Hall–Kier alpha value is -0.0400. The van der Waals surface area contributed by atoms with E-state index in [1.54, 1.807) is 0 Å². The summed E-state index contributed by atoms with van der Waals surface area (Å²) >= 11 is 0. The lowest BCUT2D eigenvalue weighted by molar-refractivity contribution is 0.158. The Morgan fingerprint density at radius 2 is 1.80 bits per heavy atom. The molecule has 0 aliphatic heterocycles. The number of hydrogen-bond acceptors (Lipinski definition) is 1. The van der Waals surface area contributed by atoms with Crippen LogP contribution in [0.1, 0.15) is 40.0 Å². The molecule has 1 nitrogen and oxygen atoms in total. The minimum absolute atomic E-state index is 0.00998. The van der Waals surface area contributed by atoms with Gasteiger partial charge >= 0.3 is 0 Å². The Morgan fingerprint density at radius 1 is 1.20 bits per heavy atom. The van der Waals surface area contributed by atoms with Gasteiger partial charge in [-0.3, -0.25) is 0 Å². The highest BCUT2D eigenvalue weighted by molar-refractivity contribution is 4.82. The van der Waals surface area contributed by atoms with Gasteiger partial charge in [0, 0.05) is 0 Å². The first-order chi connectivity index (χ1) is 4.50. The van der Waals surface area contributed by atoms with Gasteiger partial charge in [-0.2, -0.15) is 0 Å². The van der Waals surface area contributed by atoms with Gasteiger partial charge in [-0.1, -0.05) is 20.8 Å². The van der Waals surface area contributed by atoms with E-state index in [-0.39, 0.29) is 6.10 Å². The second-order valence-corrected chi connectivity index (χ2v) is 4.53. The lowest BCUT2D eigenvalue weighted by atomic mass is 9.80. The summed E-state index contributed by atoms with van der Waals surface area (Å²) in [5.74, 6) is 0.738. The third kappa shape index (κ3) is 1.72. The Labute approximate surface area is 63.4 Å². The first-order valence-electron chi connectivity index (χ1n) is 4.18. The highest BCUT2D eigenvalue weighted by Gasteiger charge is 2.31. The molecule has 10 heavy (non-hydrogen) atoms. The average molecular weight is 142 g/mol. The molecule has 1 aliphatic rings. The fourth-order valence-electron chi connectivity index (χ4n) is 1.74. The van der Waals surface area contributed by atoms with Crippen molar-refractivity contribution in [2.24, 2.45) is 11.3 Å². The van der Waals surface area contributed by atoms with E-state index in [0.29, 0.717) is 5.41 Å². The normalized spacial score (nSPS) is 34.8. The average Bonchev–Trinajstić information content (AvgIpc) is 2.11. The molecule has 0 amide bonds. The molecule has 0 spiro atoms. The SMILES string of the molecule is CC(C)(C)[C@H]1CC[C@@H](O)C1.